The van der Waals surface area contributed by atoms with Crippen molar-refractivity contribution >= 4 is 10.9 Å². The van der Waals surface area contributed by atoms with Crippen LogP contribution in [0.1, 0.15) is 11.3 Å². The van der Waals surface area contributed by atoms with Crippen molar-refractivity contribution in [3.05, 3.63) is 59.8 Å². The highest BCUT2D eigenvalue weighted by atomic mass is 16.5. The average Bonchev–Trinajstić information content (AvgIpc) is 2.79. The van der Waals surface area contributed by atoms with E-state index < -0.39 is 0 Å². The molecule has 0 bridgehead atoms. The summed E-state index contributed by atoms with van der Waals surface area (Å²) in [6.45, 7) is 2.48. The van der Waals surface area contributed by atoms with Crippen LogP contribution >= 0.6 is 0 Å². The second-order valence-electron chi connectivity index (χ2n) is 4.64. The molecule has 3 heteroatoms. The number of para-hydroxylation sites is 2. The molecule has 0 aliphatic rings. The Morgan fingerprint density at radius 2 is 1.95 bits per heavy atom. The van der Waals surface area contributed by atoms with Crippen molar-refractivity contribution in [3.63, 3.8) is 0 Å². The van der Waals surface area contributed by atoms with Gasteiger partial charge in [-0.25, -0.2) is 0 Å². The number of fused-ring (bicyclic) bond motifs is 1. The number of hydrogen-bond donors (Lipinski definition) is 2. The van der Waals surface area contributed by atoms with Gasteiger partial charge >= 0.3 is 0 Å². The summed E-state index contributed by atoms with van der Waals surface area (Å²) in [6.07, 6.45) is 0. The van der Waals surface area contributed by atoms with Crippen molar-refractivity contribution < 1.29 is 9.84 Å². The summed E-state index contributed by atoms with van der Waals surface area (Å²) in [5.74, 6) is 0.659. The number of H-pyrrole nitrogens is 1. The molecule has 96 valence electrons. The molecular weight excluding hydrogens is 238 g/mol. The Hall–Kier alpha value is -2.42. The number of hydrogen-bond acceptors (Lipinski definition) is 2. The van der Waals surface area contributed by atoms with Crippen molar-refractivity contribution in [1.29, 1.82) is 0 Å². The van der Waals surface area contributed by atoms with E-state index >= 15 is 0 Å². The molecule has 3 aromatic rings. The molecule has 2 N–H and O–H groups in total. The van der Waals surface area contributed by atoms with E-state index in [1.165, 1.54) is 10.9 Å². The van der Waals surface area contributed by atoms with Crippen LogP contribution in [-0.2, 0) is 6.61 Å². The fraction of sp³-hybridized carbons (Fsp3) is 0.125. The number of aromatic hydroxyl groups is 1. The quantitative estimate of drug-likeness (QED) is 0.746. The number of aromatic nitrogens is 1. The normalized spacial score (nSPS) is 10.8. The Balaban J connectivity index is 1.80. The van der Waals surface area contributed by atoms with E-state index in [4.69, 9.17) is 4.74 Å². The number of rotatable bonds is 3. The molecule has 0 spiro atoms. The highest BCUT2D eigenvalue weighted by molar-refractivity contribution is 5.81. The number of nitrogens with one attached hydrogen (secondary N) is 1. The van der Waals surface area contributed by atoms with Crippen molar-refractivity contribution in [3.8, 4) is 11.5 Å². The Kier molecular flexibility index (Phi) is 2.88. The van der Waals surface area contributed by atoms with E-state index in [1.807, 2.05) is 6.07 Å². The lowest BCUT2D eigenvalue weighted by Crippen LogP contribution is -1.95. The molecule has 0 saturated carbocycles. The molecule has 3 rings (SSSR count). The Bertz CT molecular complexity index is 716. The summed E-state index contributed by atoms with van der Waals surface area (Å²) in [6, 6.07) is 15.3. The van der Waals surface area contributed by atoms with Crippen molar-refractivity contribution in [1.82, 2.24) is 4.98 Å². The summed E-state index contributed by atoms with van der Waals surface area (Å²) in [5.41, 5.74) is 3.32. The molecule has 0 unspecified atom stereocenters. The van der Waals surface area contributed by atoms with Crippen LogP contribution in [0.15, 0.2) is 48.5 Å². The maximum atomic E-state index is 9.63. The fourth-order valence-corrected chi connectivity index (χ4v) is 2.12. The zero-order valence-electron chi connectivity index (χ0n) is 10.7. The van der Waals surface area contributed by atoms with Gasteiger partial charge in [0.05, 0.1) is 5.69 Å². The van der Waals surface area contributed by atoms with Crippen molar-refractivity contribution in [2.75, 3.05) is 0 Å². The summed E-state index contributed by atoms with van der Waals surface area (Å²) in [5, 5.41) is 10.8. The topological polar surface area (TPSA) is 45.2 Å². The summed E-state index contributed by atoms with van der Waals surface area (Å²) < 4.78 is 5.60. The van der Waals surface area contributed by atoms with Crippen LogP contribution in [0.4, 0.5) is 0 Å². The smallest absolute Gasteiger partial charge is 0.161 e. The maximum absolute atomic E-state index is 9.63. The Morgan fingerprint density at radius 3 is 2.79 bits per heavy atom. The van der Waals surface area contributed by atoms with Crippen LogP contribution in [-0.4, -0.2) is 10.1 Å². The van der Waals surface area contributed by atoms with E-state index in [0.29, 0.717) is 12.4 Å². The molecule has 0 fully saturated rings. The maximum Gasteiger partial charge on any atom is 0.161 e. The van der Waals surface area contributed by atoms with E-state index in [9.17, 15) is 5.11 Å². The number of benzene rings is 2. The minimum Gasteiger partial charge on any atom is -0.504 e. The molecule has 0 saturated heterocycles. The molecule has 0 radical (unpaired) electrons. The van der Waals surface area contributed by atoms with Gasteiger partial charge in [-0.1, -0.05) is 23.8 Å². The predicted octanol–water partition coefficient (Wildman–Crippen LogP) is 3.76. The van der Waals surface area contributed by atoms with Gasteiger partial charge in [0.15, 0.2) is 11.5 Å². The van der Waals surface area contributed by atoms with E-state index in [0.717, 1.165) is 11.2 Å². The highest BCUT2D eigenvalue weighted by Crippen LogP contribution is 2.25. The lowest BCUT2D eigenvalue weighted by Gasteiger charge is -2.05. The third kappa shape index (κ3) is 2.40. The molecule has 0 amide bonds. The fourth-order valence-electron chi connectivity index (χ4n) is 2.12. The van der Waals surface area contributed by atoms with Crippen molar-refractivity contribution in [2.24, 2.45) is 0 Å². The number of ether oxygens (including phenoxy) is 1. The molecule has 0 aliphatic heterocycles. The predicted molar refractivity (Wildman–Crippen MR) is 75.5 cm³/mol. The summed E-state index contributed by atoms with van der Waals surface area (Å²) >= 11 is 0. The summed E-state index contributed by atoms with van der Waals surface area (Å²) in [4.78, 5) is 3.31. The molecule has 1 aromatic heterocycles. The largest absolute Gasteiger partial charge is 0.504 e. The first-order valence-corrected chi connectivity index (χ1v) is 6.21. The number of aromatic amines is 1. The van der Waals surface area contributed by atoms with Crippen LogP contribution in [0.5, 0.6) is 11.5 Å². The lowest BCUT2D eigenvalue weighted by molar-refractivity contribution is 0.286. The summed E-state index contributed by atoms with van der Waals surface area (Å²) in [7, 11) is 0. The van der Waals surface area contributed by atoms with Gasteiger partial charge in [0.1, 0.15) is 6.61 Å². The third-order valence-electron chi connectivity index (χ3n) is 3.08. The number of phenols is 1. The van der Waals surface area contributed by atoms with E-state index in [-0.39, 0.29) is 5.75 Å². The second kappa shape index (κ2) is 4.69. The van der Waals surface area contributed by atoms with Crippen LogP contribution in [0.25, 0.3) is 10.9 Å². The van der Waals surface area contributed by atoms with Gasteiger partial charge < -0.3 is 14.8 Å². The van der Waals surface area contributed by atoms with E-state index in [1.54, 1.807) is 18.2 Å². The van der Waals surface area contributed by atoms with Crippen LogP contribution < -0.4 is 4.74 Å². The third-order valence-corrected chi connectivity index (χ3v) is 3.08. The average molecular weight is 253 g/mol. The van der Waals surface area contributed by atoms with Gasteiger partial charge in [0.2, 0.25) is 0 Å². The van der Waals surface area contributed by atoms with Gasteiger partial charge in [-0.05, 0) is 37.3 Å². The Morgan fingerprint density at radius 1 is 1.11 bits per heavy atom. The highest BCUT2D eigenvalue weighted by Gasteiger charge is 2.04. The zero-order valence-corrected chi connectivity index (χ0v) is 10.7. The molecule has 2 aromatic carbocycles. The Labute approximate surface area is 111 Å². The molecule has 3 nitrogen and oxygen atoms in total. The lowest BCUT2D eigenvalue weighted by atomic mass is 10.2. The molecule has 0 atom stereocenters. The minimum atomic E-state index is 0.162. The standard InChI is InChI=1S/C16H15NO2/c1-11-6-7-14-12(8-11)9-13(17-14)10-19-16-5-3-2-4-15(16)18/h2-9,17-18H,10H2,1H3. The van der Waals surface area contributed by atoms with Crippen LogP contribution in [0.3, 0.4) is 0 Å². The first-order chi connectivity index (χ1) is 9.22. The SMILES string of the molecule is Cc1ccc2[nH]c(COc3ccccc3O)cc2c1. The number of aryl methyl sites for hydroxylation is 1. The minimum absolute atomic E-state index is 0.162. The number of phenolic OH excluding ortho intramolecular Hbond substituents is 1. The molecular formula is C16H15NO2. The zero-order chi connectivity index (χ0) is 13.2. The first kappa shape index (κ1) is 11.7. The van der Waals surface area contributed by atoms with Gasteiger partial charge in [-0.15, -0.1) is 0 Å². The van der Waals surface area contributed by atoms with Crippen LogP contribution in [0, 0.1) is 6.92 Å². The van der Waals surface area contributed by atoms with Gasteiger partial charge in [-0.2, -0.15) is 0 Å². The van der Waals surface area contributed by atoms with Crippen LogP contribution in [0.2, 0.25) is 0 Å². The first-order valence-electron chi connectivity index (χ1n) is 6.21. The molecule has 0 aliphatic carbocycles. The molecule has 1 heterocycles. The van der Waals surface area contributed by atoms with Gasteiger partial charge in [0, 0.05) is 10.9 Å². The van der Waals surface area contributed by atoms with Crippen molar-refractivity contribution in [2.45, 2.75) is 13.5 Å². The van der Waals surface area contributed by atoms with Gasteiger partial charge in [0.25, 0.3) is 0 Å². The molecule has 19 heavy (non-hydrogen) atoms. The monoisotopic (exact) mass is 253 g/mol. The second-order valence-corrected chi connectivity index (χ2v) is 4.64. The van der Waals surface area contributed by atoms with Gasteiger partial charge in [-0.3, -0.25) is 0 Å². The van der Waals surface area contributed by atoms with E-state index in [2.05, 4.69) is 36.2 Å².